The van der Waals surface area contributed by atoms with Gasteiger partial charge in [-0.2, -0.15) is 0 Å². The standard InChI is InChI=1S/C14H19FO2/c1-5-6-10(2)7-11-8-13(16-3)14(17-4)9-12(11)15/h5-6,8-10H,7H2,1-4H3/b6-5-. The molecule has 0 aliphatic heterocycles. The van der Waals surface area contributed by atoms with Gasteiger partial charge in [-0.3, -0.25) is 0 Å². The van der Waals surface area contributed by atoms with Crippen LogP contribution in [0.3, 0.4) is 0 Å². The van der Waals surface area contributed by atoms with E-state index < -0.39 is 0 Å². The highest BCUT2D eigenvalue weighted by Crippen LogP contribution is 2.30. The minimum Gasteiger partial charge on any atom is -0.493 e. The monoisotopic (exact) mass is 238 g/mol. The van der Waals surface area contributed by atoms with Gasteiger partial charge in [0.15, 0.2) is 11.5 Å². The van der Waals surface area contributed by atoms with Crippen LogP contribution in [0.1, 0.15) is 19.4 Å². The molecule has 0 fully saturated rings. The van der Waals surface area contributed by atoms with Gasteiger partial charge in [-0.15, -0.1) is 0 Å². The Balaban J connectivity index is 3.00. The lowest BCUT2D eigenvalue weighted by molar-refractivity contribution is 0.351. The second kappa shape index (κ2) is 6.28. The summed E-state index contributed by atoms with van der Waals surface area (Å²) in [5, 5.41) is 0. The Hall–Kier alpha value is -1.51. The third kappa shape index (κ3) is 3.48. The Kier molecular flexibility index (Phi) is 5.01. The maximum Gasteiger partial charge on any atom is 0.163 e. The first-order valence-corrected chi connectivity index (χ1v) is 5.65. The summed E-state index contributed by atoms with van der Waals surface area (Å²) < 4.78 is 24.0. The molecule has 0 N–H and O–H groups in total. The Morgan fingerprint density at radius 3 is 2.35 bits per heavy atom. The number of methoxy groups -OCH3 is 2. The number of halogens is 1. The highest BCUT2D eigenvalue weighted by atomic mass is 19.1. The summed E-state index contributed by atoms with van der Waals surface area (Å²) >= 11 is 0. The molecule has 0 radical (unpaired) electrons. The molecule has 0 bridgehead atoms. The second-order valence-corrected chi connectivity index (χ2v) is 4.01. The zero-order valence-electron chi connectivity index (χ0n) is 10.8. The highest BCUT2D eigenvalue weighted by Gasteiger charge is 2.12. The van der Waals surface area contributed by atoms with Gasteiger partial charge >= 0.3 is 0 Å². The summed E-state index contributed by atoms with van der Waals surface area (Å²) in [6.07, 6.45) is 4.68. The summed E-state index contributed by atoms with van der Waals surface area (Å²) in [5.74, 6) is 1.04. The van der Waals surface area contributed by atoms with Gasteiger partial charge in [-0.1, -0.05) is 19.1 Å². The van der Waals surface area contributed by atoms with Crippen LogP contribution in [0.2, 0.25) is 0 Å². The van der Waals surface area contributed by atoms with Crippen LogP contribution in [0, 0.1) is 11.7 Å². The van der Waals surface area contributed by atoms with Crippen LogP contribution in [-0.2, 0) is 6.42 Å². The summed E-state index contributed by atoms with van der Waals surface area (Å²) in [7, 11) is 3.05. The smallest absolute Gasteiger partial charge is 0.163 e. The van der Waals surface area contributed by atoms with E-state index in [1.807, 2.05) is 13.0 Å². The first kappa shape index (κ1) is 13.6. The quantitative estimate of drug-likeness (QED) is 0.730. The molecule has 1 atom stereocenters. The number of benzene rings is 1. The van der Waals surface area contributed by atoms with Crippen molar-refractivity contribution in [1.82, 2.24) is 0 Å². The number of allylic oxidation sites excluding steroid dienone is 2. The molecule has 0 saturated carbocycles. The van der Waals surface area contributed by atoms with Gasteiger partial charge in [0.1, 0.15) is 5.82 Å². The average Bonchev–Trinajstić information content (AvgIpc) is 2.31. The van der Waals surface area contributed by atoms with Gasteiger partial charge in [-0.25, -0.2) is 4.39 Å². The van der Waals surface area contributed by atoms with E-state index in [1.54, 1.807) is 13.2 Å². The van der Waals surface area contributed by atoms with Crippen molar-refractivity contribution in [3.8, 4) is 11.5 Å². The Bertz CT molecular complexity index is 399. The van der Waals surface area contributed by atoms with E-state index in [0.717, 1.165) is 0 Å². The topological polar surface area (TPSA) is 18.5 Å². The normalized spacial score (nSPS) is 12.8. The van der Waals surface area contributed by atoms with Crippen LogP contribution in [0.25, 0.3) is 0 Å². The van der Waals surface area contributed by atoms with Crippen LogP contribution < -0.4 is 9.47 Å². The Morgan fingerprint density at radius 2 is 1.82 bits per heavy atom. The fourth-order valence-electron chi connectivity index (χ4n) is 1.80. The third-order valence-corrected chi connectivity index (χ3v) is 2.62. The Morgan fingerprint density at radius 1 is 1.24 bits per heavy atom. The van der Waals surface area contributed by atoms with Gasteiger partial charge in [0.05, 0.1) is 14.2 Å². The fourth-order valence-corrected chi connectivity index (χ4v) is 1.80. The van der Waals surface area contributed by atoms with Crippen molar-refractivity contribution in [2.24, 2.45) is 5.92 Å². The van der Waals surface area contributed by atoms with Crippen molar-refractivity contribution in [3.05, 3.63) is 35.7 Å². The molecule has 0 aliphatic rings. The minimum absolute atomic E-state index is 0.251. The van der Waals surface area contributed by atoms with Crippen LogP contribution >= 0.6 is 0 Å². The lowest BCUT2D eigenvalue weighted by Crippen LogP contribution is -2.01. The van der Waals surface area contributed by atoms with Crippen LogP contribution in [0.4, 0.5) is 4.39 Å². The molecule has 1 rings (SSSR count). The predicted octanol–water partition coefficient (Wildman–Crippen LogP) is 3.60. The molecule has 17 heavy (non-hydrogen) atoms. The number of hydrogen-bond donors (Lipinski definition) is 0. The largest absolute Gasteiger partial charge is 0.493 e. The predicted molar refractivity (Wildman–Crippen MR) is 67.2 cm³/mol. The average molecular weight is 238 g/mol. The molecule has 94 valence electrons. The maximum atomic E-state index is 13.8. The molecule has 0 heterocycles. The molecule has 2 nitrogen and oxygen atoms in total. The molecule has 1 unspecified atom stereocenters. The maximum absolute atomic E-state index is 13.8. The molecule has 1 aromatic carbocycles. The molecular weight excluding hydrogens is 219 g/mol. The summed E-state index contributed by atoms with van der Waals surface area (Å²) in [6.45, 7) is 4.01. The highest BCUT2D eigenvalue weighted by molar-refractivity contribution is 5.44. The van der Waals surface area contributed by atoms with E-state index in [1.165, 1.54) is 13.2 Å². The van der Waals surface area contributed by atoms with Gasteiger partial charge in [0, 0.05) is 6.07 Å². The molecule has 1 aromatic rings. The minimum atomic E-state index is -0.251. The third-order valence-electron chi connectivity index (χ3n) is 2.62. The molecule has 3 heteroatoms. The fraction of sp³-hybridized carbons (Fsp3) is 0.429. The van der Waals surface area contributed by atoms with E-state index in [-0.39, 0.29) is 5.82 Å². The number of hydrogen-bond acceptors (Lipinski definition) is 2. The molecule has 0 spiro atoms. The molecule has 0 amide bonds. The van der Waals surface area contributed by atoms with E-state index in [9.17, 15) is 4.39 Å². The van der Waals surface area contributed by atoms with Crippen molar-refractivity contribution < 1.29 is 13.9 Å². The first-order chi connectivity index (χ1) is 8.12. The molecule has 0 aromatic heterocycles. The van der Waals surface area contributed by atoms with Crippen molar-refractivity contribution in [1.29, 1.82) is 0 Å². The van der Waals surface area contributed by atoms with E-state index >= 15 is 0 Å². The Labute approximate surface area is 102 Å². The zero-order chi connectivity index (χ0) is 12.8. The lowest BCUT2D eigenvalue weighted by Gasteiger charge is -2.12. The van der Waals surface area contributed by atoms with Crippen LogP contribution in [-0.4, -0.2) is 14.2 Å². The number of ether oxygens (including phenoxy) is 2. The van der Waals surface area contributed by atoms with E-state index in [0.29, 0.717) is 29.4 Å². The van der Waals surface area contributed by atoms with Crippen LogP contribution in [0.15, 0.2) is 24.3 Å². The summed E-state index contributed by atoms with van der Waals surface area (Å²) in [4.78, 5) is 0. The second-order valence-electron chi connectivity index (χ2n) is 4.01. The summed E-state index contributed by atoms with van der Waals surface area (Å²) in [6, 6.07) is 3.07. The first-order valence-electron chi connectivity index (χ1n) is 5.65. The lowest BCUT2D eigenvalue weighted by atomic mass is 10.00. The summed E-state index contributed by atoms with van der Waals surface area (Å²) in [5.41, 5.74) is 0.647. The number of rotatable bonds is 5. The zero-order valence-corrected chi connectivity index (χ0v) is 10.8. The van der Waals surface area contributed by atoms with Crippen molar-refractivity contribution in [2.45, 2.75) is 20.3 Å². The van der Waals surface area contributed by atoms with Crippen molar-refractivity contribution in [2.75, 3.05) is 14.2 Å². The van der Waals surface area contributed by atoms with Gasteiger partial charge < -0.3 is 9.47 Å². The van der Waals surface area contributed by atoms with Gasteiger partial charge in [0.25, 0.3) is 0 Å². The van der Waals surface area contributed by atoms with Crippen molar-refractivity contribution in [3.63, 3.8) is 0 Å². The van der Waals surface area contributed by atoms with Crippen LogP contribution in [0.5, 0.6) is 11.5 Å². The van der Waals surface area contributed by atoms with E-state index in [4.69, 9.17) is 9.47 Å². The SMILES string of the molecule is C/C=C\C(C)Cc1cc(OC)c(OC)cc1F. The molecule has 0 aliphatic carbocycles. The van der Waals surface area contributed by atoms with Crippen molar-refractivity contribution >= 4 is 0 Å². The molecular formula is C14H19FO2. The van der Waals surface area contributed by atoms with E-state index in [2.05, 4.69) is 13.0 Å². The van der Waals surface area contributed by atoms with Gasteiger partial charge in [0.2, 0.25) is 0 Å². The van der Waals surface area contributed by atoms with Gasteiger partial charge in [-0.05, 0) is 30.9 Å². The molecule has 0 saturated heterocycles.